The number of aromatic nitrogens is 1. The predicted octanol–water partition coefficient (Wildman–Crippen LogP) is 0.169. The normalized spacial score (nSPS) is 13.3. The Morgan fingerprint density at radius 3 is 3.31 bits per heavy atom. The number of nitrogens with zero attached hydrogens (tertiary/aromatic N) is 1. The molecule has 0 unspecified atom stereocenters. The fourth-order valence-electron chi connectivity index (χ4n) is 1.36. The number of hydrogen-bond acceptors (Lipinski definition) is 4. The molecule has 13 heavy (non-hydrogen) atoms. The predicted molar refractivity (Wildman–Crippen MR) is 45.7 cm³/mol. The Bertz CT molecular complexity index is 351. The van der Waals surface area contributed by atoms with Crippen molar-refractivity contribution in [1.82, 2.24) is 10.5 Å². The molecule has 1 amide bonds. The molecule has 2 heterocycles. The summed E-state index contributed by atoms with van der Waals surface area (Å²) >= 11 is 0. The highest BCUT2D eigenvalue weighted by atomic mass is 16.5. The van der Waals surface area contributed by atoms with Crippen molar-refractivity contribution >= 4 is 11.7 Å². The van der Waals surface area contributed by atoms with Crippen molar-refractivity contribution in [2.24, 2.45) is 0 Å². The van der Waals surface area contributed by atoms with E-state index in [-0.39, 0.29) is 0 Å². The van der Waals surface area contributed by atoms with E-state index in [1.807, 2.05) is 0 Å². The number of hydrogen-bond donors (Lipinski definition) is 3. The van der Waals surface area contributed by atoms with Crippen LogP contribution in [0.2, 0.25) is 0 Å². The van der Waals surface area contributed by atoms with E-state index in [9.17, 15) is 4.79 Å². The number of anilines is 1. The van der Waals surface area contributed by atoms with E-state index >= 15 is 0 Å². The van der Waals surface area contributed by atoms with Gasteiger partial charge >= 0.3 is 0 Å². The second kappa shape index (κ2) is 3.02. The largest absolute Gasteiger partial charge is 0.370 e. The van der Waals surface area contributed by atoms with E-state index < -0.39 is 5.91 Å². The molecule has 0 spiro atoms. The zero-order chi connectivity index (χ0) is 9.26. The standard InChI is InChI=1S/C8H9N3O2/c12-8(11-13)6-3-5-1-2-9-7(5)10-4-6/h3-4,13H,1-2H2,(H,9,10)(H,11,12). The van der Waals surface area contributed by atoms with Crippen LogP contribution < -0.4 is 10.8 Å². The fourth-order valence-corrected chi connectivity index (χ4v) is 1.36. The second-order valence-electron chi connectivity index (χ2n) is 2.85. The molecule has 0 fully saturated rings. The summed E-state index contributed by atoms with van der Waals surface area (Å²) in [6.45, 7) is 0.854. The first-order valence-electron chi connectivity index (χ1n) is 3.98. The number of nitrogens with one attached hydrogen (secondary N) is 2. The summed E-state index contributed by atoms with van der Waals surface area (Å²) in [5.74, 6) is 0.302. The van der Waals surface area contributed by atoms with E-state index in [1.54, 1.807) is 11.5 Å². The van der Waals surface area contributed by atoms with Crippen molar-refractivity contribution in [2.45, 2.75) is 6.42 Å². The van der Waals surface area contributed by atoms with E-state index in [4.69, 9.17) is 5.21 Å². The van der Waals surface area contributed by atoms with Gasteiger partial charge in [-0.3, -0.25) is 10.0 Å². The summed E-state index contributed by atoms with van der Waals surface area (Å²) in [5.41, 5.74) is 2.97. The summed E-state index contributed by atoms with van der Waals surface area (Å²) in [5, 5.41) is 11.5. The molecule has 0 atom stereocenters. The number of hydroxylamine groups is 1. The monoisotopic (exact) mass is 179 g/mol. The summed E-state index contributed by atoms with van der Waals surface area (Å²) < 4.78 is 0. The Balaban J connectivity index is 2.36. The quantitative estimate of drug-likeness (QED) is 0.424. The van der Waals surface area contributed by atoms with Gasteiger partial charge < -0.3 is 5.32 Å². The SMILES string of the molecule is O=C(NO)c1cnc2c(c1)CCN2. The molecule has 0 bridgehead atoms. The molecule has 3 N–H and O–H groups in total. The van der Waals surface area contributed by atoms with E-state index in [0.29, 0.717) is 5.56 Å². The number of amides is 1. The van der Waals surface area contributed by atoms with Crippen LogP contribution in [0.4, 0.5) is 5.82 Å². The van der Waals surface area contributed by atoms with Crippen LogP contribution in [0.5, 0.6) is 0 Å². The molecule has 1 aromatic rings. The van der Waals surface area contributed by atoms with Gasteiger partial charge in [0, 0.05) is 12.7 Å². The summed E-state index contributed by atoms with van der Waals surface area (Å²) in [6.07, 6.45) is 2.30. The van der Waals surface area contributed by atoms with Crippen molar-refractivity contribution < 1.29 is 10.0 Å². The van der Waals surface area contributed by atoms with E-state index in [2.05, 4.69) is 10.3 Å². The lowest BCUT2D eigenvalue weighted by atomic mass is 10.1. The van der Waals surface area contributed by atoms with Gasteiger partial charge in [0.15, 0.2) is 0 Å². The molecule has 0 radical (unpaired) electrons. The number of carbonyl (C=O) groups excluding carboxylic acids is 1. The Kier molecular flexibility index (Phi) is 1.86. The van der Waals surface area contributed by atoms with Gasteiger partial charge in [-0.15, -0.1) is 0 Å². The topological polar surface area (TPSA) is 74.2 Å². The zero-order valence-corrected chi connectivity index (χ0v) is 6.87. The highest BCUT2D eigenvalue weighted by Crippen LogP contribution is 2.19. The molecule has 1 aliphatic rings. The van der Waals surface area contributed by atoms with Crippen LogP contribution in [0, 0.1) is 0 Å². The van der Waals surface area contributed by atoms with Crippen molar-refractivity contribution in [2.75, 3.05) is 11.9 Å². The second-order valence-corrected chi connectivity index (χ2v) is 2.85. The molecule has 2 rings (SSSR count). The summed E-state index contributed by atoms with van der Waals surface area (Å²) in [7, 11) is 0. The summed E-state index contributed by atoms with van der Waals surface area (Å²) in [6, 6.07) is 1.73. The third-order valence-electron chi connectivity index (χ3n) is 2.02. The van der Waals surface area contributed by atoms with Gasteiger partial charge in [-0.2, -0.15) is 0 Å². The Morgan fingerprint density at radius 2 is 2.54 bits per heavy atom. The van der Waals surface area contributed by atoms with Gasteiger partial charge in [-0.05, 0) is 18.1 Å². The minimum absolute atomic E-state index is 0.380. The lowest BCUT2D eigenvalue weighted by molar-refractivity contribution is 0.0706. The Morgan fingerprint density at radius 1 is 1.69 bits per heavy atom. The lowest BCUT2D eigenvalue weighted by Crippen LogP contribution is -2.18. The average Bonchev–Trinajstić information content (AvgIpc) is 2.63. The van der Waals surface area contributed by atoms with E-state index in [0.717, 1.165) is 24.3 Å². The molecule has 5 nitrogen and oxygen atoms in total. The fraction of sp³-hybridized carbons (Fsp3) is 0.250. The first-order chi connectivity index (χ1) is 6.31. The maximum atomic E-state index is 11.0. The number of fused-ring (bicyclic) bond motifs is 1. The highest BCUT2D eigenvalue weighted by Gasteiger charge is 2.13. The van der Waals surface area contributed by atoms with Crippen molar-refractivity contribution in [3.8, 4) is 0 Å². The van der Waals surface area contributed by atoms with Crippen molar-refractivity contribution in [3.63, 3.8) is 0 Å². The molecule has 1 aliphatic heterocycles. The number of pyridine rings is 1. The average molecular weight is 179 g/mol. The first-order valence-corrected chi connectivity index (χ1v) is 3.98. The smallest absolute Gasteiger partial charge is 0.276 e. The zero-order valence-electron chi connectivity index (χ0n) is 6.87. The van der Waals surface area contributed by atoms with Gasteiger partial charge in [0.2, 0.25) is 0 Å². The van der Waals surface area contributed by atoms with Crippen molar-refractivity contribution in [3.05, 3.63) is 23.4 Å². The minimum Gasteiger partial charge on any atom is -0.370 e. The Labute approximate surface area is 74.7 Å². The molecule has 1 aromatic heterocycles. The molecular weight excluding hydrogens is 170 g/mol. The number of rotatable bonds is 1. The molecular formula is C8H9N3O2. The minimum atomic E-state index is -0.526. The van der Waals surface area contributed by atoms with Gasteiger partial charge in [-0.1, -0.05) is 0 Å². The molecule has 0 aromatic carbocycles. The van der Waals surface area contributed by atoms with Crippen LogP contribution in [0.25, 0.3) is 0 Å². The molecule has 0 aliphatic carbocycles. The van der Waals surface area contributed by atoms with Crippen LogP contribution in [0.15, 0.2) is 12.3 Å². The van der Waals surface area contributed by atoms with E-state index in [1.165, 1.54) is 6.20 Å². The molecule has 0 saturated heterocycles. The molecule has 68 valence electrons. The molecule has 0 saturated carbocycles. The van der Waals surface area contributed by atoms with Crippen LogP contribution in [0.1, 0.15) is 15.9 Å². The summed E-state index contributed by atoms with van der Waals surface area (Å²) in [4.78, 5) is 15.0. The van der Waals surface area contributed by atoms with Crippen LogP contribution in [0.3, 0.4) is 0 Å². The van der Waals surface area contributed by atoms with Gasteiger partial charge in [0.05, 0.1) is 5.56 Å². The lowest BCUT2D eigenvalue weighted by Gasteiger charge is -2.01. The van der Waals surface area contributed by atoms with Crippen LogP contribution in [-0.4, -0.2) is 22.6 Å². The molecule has 5 heteroatoms. The first kappa shape index (κ1) is 8.00. The maximum absolute atomic E-state index is 11.0. The third-order valence-corrected chi connectivity index (χ3v) is 2.02. The van der Waals surface area contributed by atoms with Gasteiger partial charge in [0.25, 0.3) is 5.91 Å². The Hall–Kier alpha value is -1.62. The maximum Gasteiger partial charge on any atom is 0.276 e. The highest BCUT2D eigenvalue weighted by molar-refractivity contribution is 5.93. The third kappa shape index (κ3) is 1.33. The van der Waals surface area contributed by atoms with Gasteiger partial charge in [-0.25, -0.2) is 10.5 Å². The number of carbonyl (C=O) groups is 1. The van der Waals surface area contributed by atoms with Gasteiger partial charge in [0.1, 0.15) is 5.82 Å². The van der Waals surface area contributed by atoms with Crippen LogP contribution >= 0.6 is 0 Å². The van der Waals surface area contributed by atoms with Crippen LogP contribution in [-0.2, 0) is 6.42 Å². The van der Waals surface area contributed by atoms with Crippen molar-refractivity contribution in [1.29, 1.82) is 0 Å².